The number of benzene rings is 1. The number of rotatable bonds is 6. The maximum Gasteiger partial charge on any atom is 0.119 e. The number of aliphatic hydroxyl groups is 1. The highest BCUT2D eigenvalue weighted by Gasteiger charge is 2.12. The molecule has 0 amide bonds. The largest absolute Gasteiger partial charge is 0.497 e. The van der Waals surface area contributed by atoms with Gasteiger partial charge in [0.15, 0.2) is 0 Å². The van der Waals surface area contributed by atoms with Gasteiger partial charge in [-0.25, -0.2) is 0 Å². The van der Waals surface area contributed by atoms with E-state index in [2.05, 4.69) is 4.90 Å². The molecule has 2 rings (SSSR count). The van der Waals surface area contributed by atoms with Gasteiger partial charge in [-0.1, -0.05) is 23.7 Å². The number of thiophene rings is 1. The van der Waals surface area contributed by atoms with E-state index in [1.165, 1.54) is 4.88 Å². The number of aliphatic hydroxyl groups excluding tert-OH is 1. The van der Waals surface area contributed by atoms with Crippen molar-refractivity contribution < 1.29 is 9.84 Å². The molecule has 0 bridgehead atoms. The molecule has 1 heterocycles. The van der Waals surface area contributed by atoms with Crippen molar-refractivity contribution in [1.82, 2.24) is 4.90 Å². The highest BCUT2D eigenvalue weighted by Crippen LogP contribution is 2.24. The second kappa shape index (κ2) is 7.09. The van der Waals surface area contributed by atoms with Gasteiger partial charge in [-0.15, -0.1) is 11.3 Å². The topological polar surface area (TPSA) is 32.7 Å². The minimum Gasteiger partial charge on any atom is -0.497 e. The summed E-state index contributed by atoms with van der Waals surface area (Å²) in [4.78, 5) is 3.27. The molecule has 20 heavy (non-hydrogen) atoms. The van der Waals surface area contributed by atoms with E-state index in [9.17, 15) is 5.11 Å². The molecule has 2 aromatic rings. The van der Waals surface area contributed by atoms with Crippen LogP contribution in [0.3, 0.4) is 0 Å². The summed E-state index contributed by atoms with van der Waals surface area (Å²) in [6, 6.07) is 11.4. The number of nitrogens with zero attached hydrogens (tertiary/aromatic N) is 1. The summed E-state index contributed by atoms with van der Waals surface area (Å²) in [6.45, 7) is 1.33. The summed E-state index contributed by atoms with van der Waals surface area (Å²) < 4.78 is 5.96. The molecule has 1 atom stereocenters. The van der Waals surface area contributed by atoms with Crippen molar-refractivity contribution in [3.63, 3.8) is 0 Å². The summed E-state index contributed by atoms with van der Waals surface area (Å²) in [5, 5.41) is 10.3. The van der Waals surface area contributed by atoms with Crippen LogP contribution < -0.4 is 4.74 Å². The van der Waals surface area contributed by atoms with Crippen molar-refractivity contribution in [3.8, 4) is 5.75 Å². The summed E-state index contributed by atoms with van der Waals surface area (Å²) in [5.74, 6) is 0.759. The molecular formula is C15H18ClNO2S. The van der Waals surface area contributed by atoms with Gasteiger partial charge in [-0.05, 0) is 36.9 Å². The Kier molecular flexibility index (Phi) is 5.43. The van der Waals surface area contributed by atoms with Crippen LogP contribution in [0.4, 0.5) is 0 Å². The van der Waals surface area contributed by atoms with E-state index >= 15 is 0 Å². The molecule has 0 aliphatic rings. The van der Waals surface area contributed by atoms with Crippen molar-refractivity contribution in [2.75, 3.05) is 20.7 Å². The first kappa shape index (κ1) is 15.3. The lowest BCUT2D eigenvalue weighted by atomic mass is 10.1. The molecule has 3 nitrogen and oxygen atoms in total. The van der Waals surface area contributed by atoms with E-state index in [1.807, 2.05) is 43.4 Å². The van der Waals surface area contributed by atoms with Gasteiger partial charge >= 0.3 is 0 Å². The zero-order chi connectivity index (χ0) is 14.5. The van der Waals surface area contributed by atoms with Crippen LogP contribution in [-0.2, 0) is 6.54 Å². The maximum atomic E-state index is 10.3. The van der Waals surface area contributed by atoms with E-state index in [0.29, 0.717) is 6.54 Å². The first-order valence-electron chi connectivity index (χ1n) is 6.33. The summed E-state index contributed by atoms with van der Waals surface area (Å²) in [5.41, 5.74) is 0.861. The molecule has 0 radical (unpaired) electrons. The van der Waals surface area contributed by atoms with E-state index < -0.39 is 6.10 Å². The first-order chi connectivity index (χ1) is 9.58. The third kappa shape index (κ3) is 4.21. The number of ether oxygens (including phenoxy) is 1. The third-order valence-electron chi connectivity index (χ3n) is 3.02. The van der Waals surface area contributed by atoms with Gasteiger partial charge in [0, 0.05) is 18.0 Å². The van der Waals surface area contributed by atoms with Gasteiger partial charge in [0.25, 0.3) is 0 Å². The Morgan fingerprint density at radius 2 is 2.15 bits per heavy atom. The Morgan fingerprint density at radius 1 is 1.35 bits per heavy atom. The molecule has 0 spiro atoms. The standard InChI is InChI=1S/C15H18ClNO2S/c1-17(9-13-6-7-15(16)20-13)10-14(18)11-4-3-5-12(8-11)19-2/h3-8,14,18H,9-10H2,1-2H3. The maximum absolute atomic E-state index is 10.3. The second-order valence-corrected chi connectivity index (χ2v) is 6.49. The number of methoxy groups -OCH3 is 1. The number of hydrogen-bond acceptors (Lipinski definition) is 4. The minimum absolute atomic E-state index is 0.537. The van der Waals surface area contributed by atoms with Crippen molar-refractivity contribution in [3.05, 3.63) is 51.2 Å². The predicted octanol–water partition coefficient (Wildman–Crippen LogP) is 3.58. The quantitative estimate of drug-likeness (QED) is 0.885. The monoisotopic (exact) mass is 311 g/mol. The van der Waals surface area contributed by atoms with Crippen molar-refractivity contribution >= 4 is 22.9 Å². The van der Waals surface area contributed by atoms with E-state index in [1.54, 1.807) is 18.4 Å². The average Bonchev–Trinajstić information content (AvgIpc) is 2.83. The van der Waals surface area contributed by atoms with Crippen LogP contribution in [0.5, 0.6) is 5.75 Å². The molecule has 1 unspecified atom stereocenters. The van der Waals surface area contributed by atoms with Crippen LogP contribution in [0.2, 0.25) is 4.34 Å². The van der Waals surface area contributed by atoms with Crippen molar-refractivity contribution in [2.45, 2.75) is 12.6 Å². The number of halogens is 1. The van der Waals surface area contributed by atoms with Crippen LogP contribution in [0.15, 0.2) is 36.4 Å². The van der Waals surface area contributed by atoms with Crippen LogP contribution in [-0.4, -0.2) is 30.7 Å². The van der Waals surface area contributed by atoms with Gasteiger partial charge in [-0.2, -0.15) is 0 Å². The Morgan fingerprint density at radius 3 is 2.80 bits per heavy atom. The third-order valence-corrected chi connectivity index (χ3v) is 4.23. The molecule has 1 aromatic carbocycles. The highest BCUT2D eigenvalue weighted by atomic mass is 35.5. The molecule has 1 N–H and O–H groups in total. The van der Waals surface area contributed by atoms with Gasteiger partial charge in [-0.3, -0.25) is 4.90 Å². The molecule has 0 aliphatic carbocycles. The Labute approximate surface area is 128 Å². The van der Waals surface area contributed by atoms with Gasteiger partial charge in [0.2, 0.25) is 0 Å². The summed E-state index contributed by atoms with van der Waals surface area (Å²) >= 11 is 7.48. The molecular weight excluding hydrogens is 294 g/mol. The van der Waals surface area contributed by atoms with Crippen molar-refractivity contribution in [1.29, 1.82) is 0 Å². The summed E-state index contributed by atoms with van der Waals surface area (Å²) in [7, 11) is 3.61. The Balaban J connectivity index is 1.94. The van der Waals surface area contributed by atoms with Crippen LogP contribution in [0.25, 0.3) is 0 Å². The SMILES string of the molecule is COc1cccc(C(O)CN(C)Cc2ccc(Cl)s2)c1. The fourth-order valence-electron chi connectivity index (χ4n) is 2.02. The van der Waals surface area contributed by atoms with Crippen LogP contribution in [0, 0.1) is 0 Å². The molecule has 5 heteroatoms. The lowest BCUT2D eigenvalue weighted by Gasteiger charge is -2.20. The highest BCUT2D eigenvalue weighted by molar-refractivity contribution is 7.16. The van der Waals surface area contributed by atoms with Crippen LogP contribution >= 0.6 is 22.9 Å². The van der Waals surface area contributed by atoms with Gasteiger partial charge in [0.05, 0.1) is 17.6 Å². The molecule has 108 valence electrons. The number of likely N-dealkylation sites (N-methyl/N-ethyl adjacent to an activating group) is 1. The Bertz CT molecular complexity index is 558. The van der Waals surface area contributed by atoms with E-state index in [0.717, 1.165) is 22.2 Å². The smallest absolute Gasteiger partial charge is 0.119 e. The normalized spacial score (nSPS) is 12.7. The van der Waals surface area contributed by atoms with E-state index in [-0.39, 0.29) is 0 Å². The molecule has 0 fully saturated rings. The zero-order valence-electron chi connectivity index (χ0n) is 11.5. The zero-order valence-corrected chi connectivity index (χ0v) is 13.1. The second-order valence-electron chi connectivity index (χ2n) is 4.69. The first-order valence-corrected chi connectivity index (χ1v) is 7.52. The minimum atomic E-state index is -0.537. The van der Waals surface area contributed by atoms with Crippen LogP contribution in [0.1, 0.15) is 16.5 Å². The molecule has 0 aliphatic heterocycles. The predicted molar refractivity (Wildman–Crippen MR) is 83.6 cm³/mol. The Hall–Kier alpha value is -1.07. The molecule has 1 aromatic heterocycles. The fraction of sp³-hybridized carbons (Fsp3) is 0.333. The number of hydrogen-bond donors (Lipinski definition) is 1. The average molecular weight is 312 g/mol. The van der Waals surface area contributed by atoms with Crippen molar-refractivity contribution in [2.24, 2.45) is 0 Å². The van der Waals surface area contributed by atoms with Gasteiger partial charge in [0.1, 0.15) is 5.75 Å². The molecule has 0 saturated heterocycles. The fourth-order valence-corrected chi connectivity index (χ4v) is 3.18. The molecule has 0 saturated carbocycles. The van der Waals surface area contributed by atoms with Gasteiger partial charge < -0.3 is 9.84 Å². The summed E-state index contributed by atoms with van der Waals surface area (Å²) in [6.07, 6.45) is -0.537. The lowest BCUT2D eigenvalue weighted by Crippen LogP contribution is -2.23. The lowest BCUT2D eigenvalue weighted by molar-refractivity contribution is 0.124. The van der Waals surface area contributed by atoms with E-state index in [4.69, 9.17) is 16.3 Å².